The number of rotatable bonds is 2. The molecular formula is C14H13NO2S2. The van der Waals surface area contributed by atoms with Crippen LogP contribution in [0.3, 0.4) is 0 Å². The van der Waals surface area contributed by atoms with Gasteiger partial charge in [-0.2, -0.15) is 0 Å². The van der Waals surface area contributed by atoms with Gasteiger partial charge in [0.15, 0.2) is 11.9 Å². The Morgan fingerprint density at radius 1 is 1.42 bits per heavy atom. The first-order chi connectivity index (χ1) is 9.15. The van der Waals surface area contributed by atoms with E-state index < -0.39 is 0 Å². The zero-order valence-corrected chi connectivity index (χ0v) is 12.3. The van der Waals surface area contributed by atoms with Crippen molar-refractivity contribution in [3.05, 3.63) is 39.8 Å². The molecule has 1 aromatic heterocycles. The average Bonchev–Trinajstić information content (AvgIpc) is 2.80. The molecule has 98 valence electrons. The van der Waals surface area contributed by atoms with Gasteiger partial charge in [-0.25, -0.2) is 4.98 Å². The lowest BCUT2D eigenvalue weighted by Gasteiger charge is -2.23. The third kappa shape index (κ3) is 2.40. The number of aryl methyl sites for hydroxylation is 1. The van der Waals surface area contributed by atoms with E-state index in [1.165, 1.54) is 16.2 Å². The minimum absolute atomic E-state index is 0.0586. The van der Waals surface area contributed by atoms with Gasteiger partial charge in [0.2, 0.25) is 0 Å². The van der Waals surface area contributed by atoms with Crippen LogP contribution in [-0.4, -0.2) is 16.5 Å². The highest BCUT2D eigenvalue weighted by Crippen LogP contribution is 2.41. The summed E-state index contributed by atoms with van der Waals surface area (Å²) in [6.45, 7) is 3.46. The van der Waals surface area contributed by atoms with Crippen LogP contribution in [0.2, 0.25) is 0 Å². The summed E-state index contributed by atoms with van der Waals surface area (Å²) in [6.07, 6.45) is -0.0586. The molecule has 1 unspecified atom stereocenters. The van der Waals surface area contributed by atoms with Crippen molar-refractivity contribution in [3.8, 4) is 5.75 Å². The lowest BCUT2D eigenvalue weighted by Crippen LogP contribution is -2.14. The second kappa shape index (κ2) is 4.98. The van der Waals surface area contributed by atoms with E-state index in [0.717, 1.165) is 27.1 Å². The predicted molar refractivity (Wildman–Crippen MR) is 77.4 cm³/mol. The molecule has 1 aromatic carbocycles. The second-order valence-electron chi connectivity index (χ2n) is 4.39. The van der Waals surface area contributed by atoms with Gasteiger partial charge >= 0.3 is 0 Å². The number of thioether (sulfide) groups is 1. The summed E-state index contributed by atoms with van der Waals surface area (Å²) in [4.78, 5) is 17.9. The van der Waals surface area contributed by atoms with E-state index in [9.17, 15) is 4.79 Å². The number of aromatic nitrogens is 1. The van der Waals surface area contributed by atoms with Crippen LogP contribution in [0.25, 0.3) is 0 Å². The summed E-state index contributed by atoms with van der Waals surface area (Å²) in [7, 11) is 0. The molecule has 0 radical (unpaired) electrons. The molecule has 1 aliphatic rings. The van der Waals surface area contributed by atoms with Gasteiger partial charge < -0.3 is 4.74 Å². The van der Waals surface area contributed by atoms with Crippen molar-refractivity contribution in [1.82, 2.24) is 4.98 Å². The Balaban J connectivity index is 1.89. The van der Waals surface area contributed by atoms with E-state index in [2.05, 4.69) is 11.1 Å². The number of hydrogen-bond donors (Lipinski definition) is 0. The number of ketones is 1. The number of carbonyl (C=O) groups is 1. The van der Waals surface area contributed by atoms with Gasteiger partial charge in [0.1, 0.15) is 10.8 Å². The van der Waals surface area contributed by atoms with E-state index in [0.29, 0.717) is 0 Å². The largest absolute Gasteiger partial charge is 0.481 e. The number of benzene rings is 1. The summed E-state index contributed by atoms with van der Waals surface area (Å²) in [5, 5.41) is 0.893. The molecule has 0 saturated heterocycles. The Morgan fingerprint density at radius 3 is 2.95 bits per heavy atom. The fourth-order valence-electron chi connectivity index (χ4n) is 2.02. The van der Waals surface area contributed by atoms with Crippen LogP contribution in [0, 0.1) is 6.92 Å². The maximum Gasteiger partial charge on any atom is 0.171 e. The average molecular weight is 291 g/mol. The van der Waals surface area contributed by atoms with E-state index in [1.807, 2.05) is 25.1 Å². The van der Waals surface area contributed by atoms with Crippen LogP contribution >= 0.6 is 23.1 Å². The highest BCUT2D eigenvalue weighted by molar-refractivity contribution is 7.99. The standard InChI is InChI=1S/C14H13NO2S2/c1-8-13(9(2)16)19-14(15-8)11-7-18-12-6-4-3-5-10(12)17-11/h3-6,11H,7H2,1-2H3. The van der Waals surface area contributed by atoms with E-state index in [-0.39, 0.29) is 11.9 Å². The van der Waals surface area contributed by atoms with Crippen LogP contribution in [-0.2, 0) is 0 Å². The number of Topliss-reactive ketones (excluding diaryl/α,β-unsaturated/α-hetero) is 1. The minimum atomic E-state index is -0.0586. The Labute approximate surface area is 120 Å². The third-order valence-corrected chi connectivity index (χ3v) is 5.38. The van der Waals surface area contributed by atoms with Gasteiger partial charge in [0.25, 0.3) is 0 Å². The van der Waals surface area contributed by atoms with Gasteiger partial charge in [-0.3, -0.25) is 4.79 Å². The van der Waals surface area contributed by atoms with Crippen molar-refractivity contribution in [1.29, 1.82) is 0 Å². The quantitative estimate of drug-likeness (QED) is 0.787. The van der Waals surface area contributed by atoms with E-state index >= 15 is 0 Å². The van der Waals surface area contributed by atoms with Crippen molar-refractivity contribution < 1.29 is 9.53 Å². The van der Waals surface area contributed by atoms with Crippen LogP contribution < -0.4 is 4.74 Å². The summed E-state index contributed by atoms with van der Waals surface area (Å²) in [5.74, 6) is 1.81. The molecule has 0 saturated carbocycles. The summed E-state index contributed by atoms with van der Waals surface area (Å²) in [6, 6.07) is 8.01. The maximum absolute atomic E-state index is 11.5. The molecule has 3 nitrogen and oxygen atoms in total. The number of thiazole rings is 1. The van der Waals surface area contributed by atoms with Gasteiger partial charge in [-0.15, -0.1) is 23.1 Å². The van der Waals surface area contributed by atoms with Crippen molar-refractivity contribution >= 4 is 28.9 Å². The van der Waals surface area contributed by atoms with Gasteiger partial charge in [0, 0.05) is 17.6 Å². The first-order valence-electron chi connectivity index (χ1n) is 6.02. The number of carbonyl (C=O) groups excluding carboxylic acids is 1. The number of fused-ring (bicyclic) bond motifs is 1. The first-order valence-corrected chi connectivity index (χ1v) is 7.82. The molecule has 19 heavy (non-hydrogen) atoms. The van der Waals surface area contributed by atoms with Gasteiger partial charge in [-0.05, 0) is 19.1 Å². The maximum atomic E-state index is 11.5. The number of hydrogen-bond acceptors (Lipinski definition) is 5. The van der Waals surface area contributed by atoms with Crippen LogP contribution in [0.1, 0.15) is 33.4 Å². The highest BCUT2D eigenvalue weighted by Gasteiger charge is 2.25. The van der Waals surface area contributed by atoms with E-state index in [1.54, 1.807) is 18.7 Å². The molecule has 3 rings (SSSR count). The zero-order chi connectivity index (χ0) is 13.4. The normalized spacial score (nSPS) is 17.7. The van der Waals surface area contributed by atoms with Crippen molar-refractivity contribution in [3.63, 3.8) is 0 Å². The Bertz CT molecular complexity index is 636. The SMILES string of the molecule is CC(=O)c1sc(C2CSc3ccccc3O2)nc1C. The van der Waals surface area contributed by atoms with Crippen LogP contribution in [0.4, 0.5) is 0 Å². The number of para-hydroxylation sites is 1. The fraction of sp³-hybridized carbons (Fsp3) is 0.286. The molecule has 1 atom stereocenters. The number of nitrogens with zero attached hydrogens (tertiary/aromatic N) is 1. The van der Waals surface area contributed by atoms with Crippen molar-refractivity contribution in [2.24, 2.45) is 0 Å². The molecule has 0 N–H and O–H groups in total. The van der Waals surface area contributed by atoms with Crippen molar-refractivity contribution in [2.45, 2.75) is 24.8 Å². The highest BCUT2D eigenvalue weighted by atomic mass is 32.2. The molecule has 0 fully saturated rings. The van der Waals surface area contributed by atoms with Crippen LogP contribution in [0.5, 0.6) is 5.75 Å². The first kappa shape index (κ1) is 12.7. The second-order valence-corrected chi connectivity index (χ2v) is 6.48. The fourth-order valence-corrected chi connectivity index (χ4v) is 4.11. The summed E-state index contributed by atoms with van der Waals surface area (Å²) in [5.41, 5.74) is 0.806. The predicted octanol–water partition coefficient (Wildman–Crippen LogP) is 3.88. The Morgan fingerprint density at radius 2 is 2.21 bits per heavy atom. The zero-order valence-electron chi connectivity index (χ0n) is 10.7. The molecule has 0 aliphatic carbocycles. The molecule has 0 bridgehead atoms. The Hall–Kier alpha value is -1.33. The molecule has 2 aromatic rings. The van der Waals surface area contributed by atoms with E-state index in [4.69, 9.17) is 4.74 Å². The van der Waals surface area contributed by atoms with Crippen LogP contribution in [0.15, 0.2) is 29.2 Å². The lowest BCUT2D eigenvalue weighted by atomic mass is 10.3. The molecule has 1 aliphatic heterocycles. The molecule has 5 heteroatoms. The van der Waals surface area contributed by atoms with Crippen molar-refractivity contribution in [2.75, 3.05) is 5.75 Å². The molecule has 0 spiro atoms. The summed E-state index contributed by atoms with van der Waals surface area (Å²) < 4.78 is 5.98. The lowest BCUT2D eigenvalue weighted by molar-refractivity contribution is 0.102. The topological polar surface area (TPSA) is 39.2 Å². The number of ether oxygens (including phenoxy) is 1. The third-order valence-electron chi connectivity index (χ3n) is 2.92. The smallest absolute Gasteiger partial charge is 0.171 e. The summed E-state index contributed by atoms with van der Waals surface area (Å²) >= 11 is 3.22. The minimum Gasteiger partial charge on any atom is -0.481 e. The van der Waals surface area contributed by atoms with Gasteiger partial charge in [-0.1, -0.05) is 12.1 Å². The molecule has 2 heterocycles. The van der Waals surface area contributed by atoms with Gasteiger partial charge in [0.05, 0.1) is 10.6 Å². The molecular weight excluding hydrogens is 278 g/mol. The monoisotopic (exact) mass is 291 g/mol. The Kier molecular flexibility index (Phi) is 3.33. The molecule has 0 amide bonds.